The van der Waals surface area contributed by atoms with Gasteiger partial charge in [0, 0.05) is 62.3 Å². The summed E-state index contributed by atoms with van der Waals surface area (Å²) in [6.07, 6.45) is 11.9. The third-order valence-corrected chi connectivity index (χ3v) is 8.76. The molecular weight excluding hydrogens is 467 g/mol. The molecule has 0 unspecified atom stereocenters. The minimum absolute atomic E-state index is 0.268. The molecule has 0 radical (unpaired) electrons. The number of hydrazone groups is 1. The number of benzene rings is 1. The zero-order valence-corrected chi connectivity index (χ0v) is 20.6. The van der Waals surface area contributed by atoms with E-state index >= 15 is 0 Å². The van der Waals surface area contributed by atoms with Crippen molar-refractivity contribution in [1.29, 1.82) is 0 Å². The van der Waals surface area contributed by atoms with E-state index < -0.39 is 10.0 Å². The highest BCUT2D eigenvalue weighted by Crippen LogP contribution is 2.40. The number of hydrogen-bond acceptors (Lipinski definition) is 6. The van der Waals surface area contributed by atoms with Crippen molar-refractivity contribution in [2.24, 2.45) is 11.0 Å². The van der Waals surface area contributed by atoms with Crippen LogP contribution in [0.4, 0.5) is 4.39 Å². The lowest BCUT2D eigenvalue weighted by atomic mass is 9.87. The quantitative estimate of drug-likeness (QED) is 0.694. The molecule has 0 bridgehead atoms. The third kappa shape index (κ3) is 4.26. The van der Waals surface area contributed by atoms with Crippen molar-refractivity contribution in [2.45, 2.75) is 19.3 Å². The van der Waals surface area contributed by atoms with Crippen LogP contribution in [0, 0.1) is 11.7 Å². The SMILES string of the molecule is CS(=O)(=O)N1CC=C(C2=C3NN=C4C=Cc5cc(F)cc(c54)C3=CN(CC3CCOCC3)C2)CC1. The lowest BCUT2D eigenvalue weighted by Crippen LogP contribution is -2.37. The number of ether oxygens (including phenoxy) is 1. The van der Waals surface area contributed by atoms with Crippen LogP contribution in [0.5, 0.6) is 0 Å². The summed E-state index contributed by atoms with van der Waals surface area (Å²) in [5, 5.41) is 4.68. The number of halogens is 1. The Kier molecular flexibility index (Phi) is 5.66. The van der Waals surface area contributed by atoms with Gasteiger partial charge in [0.2, 0.25) is 10.0 Å². The van der Waals surface area contributed by atoms with Crippen molar-refractivity contribution in [3.63, 3.8) is 0 Å². The van der Waals surface area contributed by atoms with Gasteiger partial charge in [0.05, 0.1) is 17.7 Å². The predicted molar refractivity (Wildman–Crippen MR) is 134 cm³/mol. The number of hydrogen-bond donors (Lipinski definition) is 1. The van der Waals surface area contributed by atoms with E-state index in [1.54, 1.807) is 12.1 Å². The third-order valence-electron chi connectivity index (χ3n) is 7.49. The van der Waals surface area contributed by atoms with Gasteiger partial charge in [-0.05, 0) is 60.1 Å². The fraction of sp³-hybridized carbons (Fsp3) is 0.423. The summed E-state index contributed by atoms with van der Waals surface area (Å²) in [6.45, 7) is 3.99. The Morgan fingerprint density at radius 3 is 2.80 bits per heavy atom. The molecule has 35 heavy (non-hydrogen) atoms. The van der Waals surface area contributed by atoms with Crippen molar-refractivity contribution >= 4 is 27.4 Å². The van der Waals surface area contributed by atoms with Crippen LogP contribution in [0.1, 0.15) is 36.0 Å². The number of nitrogens with zero attached hydrogens (tertiary/aromatic N) is 3. The summed E-state index contributed by atoms with van der Waals surface area (Å²) in [7, 11) is -3.24. The second kappa shape index (κ2) is 8.72. The van der Waals surface area contributed by atoms with E-state index in [-0.39, 0.29) is 5.82 Å². The van der Waals surface area contributed by atoms with Gasteiger partial charge < -0.3 is 9.64 Å². The maximum absolute atomic E-state index is 14.7. The summed E-state index contributed by atoms with van der Waals surface area (Å²) in [4.78, 5) is 2.33. The molecule has 4 heterocycles. The van der Waals surface area contributed by atoms with E-state index in [1.807, 2.05) is 18.2 Å². The van der Waals surface area contributed by atoms with Gasteiger partial charge in [0.15, 0.2) is 0 Å². The second-order valence-corrected chi connectivity index (χ2v) is 11.8. The summed E-state index contributed by atoms with van der Waals surface area (Å²) in [5.74, 6) is 0.269. The first kappa shape index (κ1) is 22.7. The first-order valence-electron chi connectivity index (χ1n) is 12.1. The van der Waals surface area contributed by atoms with Crippen LogP contribution in [0.25, 0.3) is 11.6 Å². The van der Waals surface area contributed by atoms with Crippen molar-refractivity contribution in [2.75, 3.05) is 45.6 Å². The Bertz CT molecular complexity index is 1340. The Morgan fingerprint density at radius 2 is 2.06 bits per heavy atom. The van der Waals surface area contributed by atoms with Crippen LogP contribution < -0.4 is 5.43 Å². The van der Waals surface area contributed by atoms with E-state index in [1.165, 1.54) is 10.6 Å². The molecule has 9 heteroatoms. The smallest absolute Gasteiger partial charge is 0.211 e. The van der Waals surface area contributed by atoms with Gasteiger partial charge in [0.25, 0.3) is 0 Å². The van der Waals surface area contributed by atoms with E-state index in [2.05, 4.69) is 21.6 Å². The number of allylic oxidation sites excluding steroid dienone is 2. The average Bonchev–Trinajstić information content (AvgIpc) is 3.17. The fourth-order valence-electron chi connectivity index (χ4n) is 5.65. The van der Waals surface area contributed by atoms with E-state index in [0.717, 1.165) is 77.4 Å². The van der Waals surface area contributed by atoms with Gasteiger partial charge in [0.1, 0.15) is 5.82 Å². The van der Waals surface area contributed by atoms with Crippen LogP contribution in [-0.4, -0.2) is 69.0 Å². The van der Waals surface area contributed by atoms with Crippen molar-refractivity contribution in [1.82, 2.24) is 14.6 Å². The molecule has 0 aromatic heterocycles. The number of fused-ring (bicyclic) bond motifs is 2. The molecule has 6 rings (SSSR count). The van der Waals surface area contributed by atoms with Crippen molar-refractivity contribution in [3.8, 4) is 0 Å². The standard InChI is InChI=1S/C26H29FN4O3S/c1-35(32,33)31-8-4-18(5-9-31)22-15-30(14-17-6-10-34-11-7-17)16-23-21-13-20(27)12-19-2-3-24(25(19)21)28-29-26(22)23/h2-4,12-13,16-17,29H,5-11,14-15H2,1H3. The van der Waals surface area contributed by atoms with Crippen LogP contribution >= 0.6 is 0 Å². The molecule has 1 N–H and O–H groups in total. The Morgan fingerprint density at radius 1 is 1.23 bits per heavy atom. The number of sulfonamides is 1. The Labute approximate surface area is 205 Å². The average molecular weight is 497 g/mol. The van der Waals surface area contributed by atoms with Gasteiger partial charge >= 0.3 is 0 Å². The largest absolute Gasteiger partial charge is 0.381 e. The summed E-state index contributed by atoms with van der Waals surface area (Å²) in [5.41, 5.74) is 10.8. The molecule has 1 fully saturated rings. The molecule has 1 aromatic rings. The van der Waals surface area contributed by atoms with Crippen molar-refractivity contribution in [3.05, 3.63) is 69.8 Å². The number of rotatable bonds is 4. The van der Waals surface area contributed by atoms with Crippen LogP contribution in [-0.2, 0) is 14.8 Å². The number of nitrogens with one attached hydrogen (secondary N) is 1. The van der Waals surface area contributed by atoms with E-state index in [4.69, 9.17) is 4.74 Å². The van der Waals surface area contributed by atoms with E-state index in [9.17, 15) is 12.8 Å². The summed E-state index contributed by atoms with van der Waals surface area (Å²) < 4.78 is 45.8. The molecule has 7 nitrogen and oxygen atoms in total. The molecule has 5 aliphatic rings. The maximum Gasteiger partial charge on any atom is 0.211 e. The van der Waals surface area contributed by atoms with Gasteiger partial charge in [-0.3, -0.25) is 5.43 Å². The molecule has 1 aliphatic carbocycles. The van der Waals surface area contributed by atoms with Crippen molar-refractivity contribution < 1.29 is 17.5 Å². The maximum atomic E-state index is 14.7. The molecule has 1 aromatic carbocycles. The van der Waals surface area contributed by atoms with E-state index in [0.29, 0.717) is 32.0 Å². The van der Waals surface area contributed by atoms with Crippen LogP contribution in [0.15, 0.2) is 52.4 Å². The second-order valence-electron chi connectivity index (χ2n) is 9.84. The molecule has 0 amide bonds. The molecule has 1 saturated heterocycles. The lowest BCUT2D eigenvalue weighted by Gasteiger charge is -2.36. The van der Waals surface area contributed by atoms with Crippen LogP contribution in [0.2, 0.25) is 0 Å². The monoisotopic (exact) mass is 496 g/mol. The molecule has 0 saturated carbocycles. The Balaban J connectivity index is 1.44. The fourth-order valence-corrected chi connectivity index (χ4v) is 6.42. The molecule has 0 atom stereocenters. The zero-order chi connectivity index (χ0) is 24.2. The normalized spacial score (nSPS) is 22.7. The summed E-state index contributed by atoms with van der Waals surface area (Å²) >= 11 is 0. The van der Waals surface area contributed by atoms with Crippen LogP contribution in [0.3, 0.4) is 0 Å². The highest BCUT2D eigenvalue weighted by Gasteiger charge is 2.32. The minimum Gasteiger partial charge on any atom is -0.381 e. The first-order valence-corrected chi connectivity index (χ1v) is 14.0. The predicted octanol–water partition coefficient (Wildman–Crippen LogP) is 3.09. The van der Waals surface area contributed by atoms with Gasteiger partial charge in [-0.15, -0.1) is 0 Å². The highest BCUT2D eigenvalue weighted by atomic mass is 32.2. The molecule has 184 valence electrons. The summed E-state index contributed by atoms with van der Waals surface area (Å²) in [6, 6.07) is 3.16. The Hall–Kier alpha value is -2.75. The first-order chi connectivity index (χ1) is 16.9. The molecule has 4 aliphatic heterocycles. The minimum atomic E-state index is -3.24. The lowest BCUT2D eigenvalue weighted by molar-refractivity contribution is 0.0585. The molecule has 0 spiro atoms. The van der Waals surface area contributed by atoms with Gasteiger partial charge in [-0.1, -0.05) is 12.2 Å². The topological polar surface area (TPSA) is 74.2 Å². The highest BCUT2D eigenvalue weighted by molar-refractivity contribution is 7.88. The van der Waals surface area contributed by atoms with Gasteiger partial charge in [-0.25, -0.2) is 12.8 Å². The van der Waals surface area contributed by atoms with Gasteiger partial charge in [-0.2, -0.15) is 9.41 Å². The zero-order valence-electron chi connectivity index (χ0n) is 19.8. The molecular formula is C26H29FN4O3S.